The van der Waals surface area contributed by atoms with Gasteiger partial charge in [0.05, 0.1) is 5.41 Å². The molecule has 0 saturated carbocycles. The van der Waals surface area contributed by atoms with Gasteiger partial charge in [0.1, 0.15) is 5.69 Å². The van der Waals surface area contributed by atoms with Gasteiger partial charge < -0.3 is 15.1 Å². The molecule has 1 fully saturated rings. The Balaban J connectivity index is 1.21. The Kier molecular flexibility index (Phi) is 5.96. The number of anilines is 1. The molecule has 1 aliphatic heterocycles. The predicted molar refractivity (Wildman–Crippen MR) is 143 cm³/mol. The zero-order chi connectivity index (χ0) is 25.7. The first kappa shape index (κ1) is 24.0. The van der Waals surface area contributed by atoms with Crippen molar-refractivity contribution in [2.45, 2.75) is 32.1 Å². The van der Waals surface area contributed by atoms with E-state index in [2.05, 4.69) is 58.5 Å². The van der Waals surface area contributed by atoms with E-state index in [-0.39, 0.29) is 23.4 Å². The van der Waals surface area contributed by atoms with Gasteiger partial charge in [-0.25, -0.2) is 4.98 Å². The second kappa shape index (κ2) is 9.19. The smallest absolute Gasteiger partial charge is 0.296 e. The quantitative estimate of drug-likeness (QED) is 0.409. The zero-order valence-corrected chi connectivity index (χ0v) is 21.9. The highest BCUT2D eigenvalue weighted by molar-refractivity contribution is 7.14. The van der Waals surface area contributed by atoms with Crippen molar-refractivity contribution in [1.82, 2.24) is 14.8 Å². The number of aromatic nitrogens is 1. The maximum Gasteiger partial charge on any atom is 0.296 e. The molecule has 190 valence electrons. The standard InChI is InChI=1S/C29H30N4O3S/c1-3-32-12-14-33(15-13-32)26(35)25(34)23-17-37-28(30-23)31-27(36)29(2)16-22-18-8-4-6-10-20(18)24(29)21-11-7-5-9-19(21)22/h4-11,17,22,24H,3,12-16H2,1-2H3,(H,30,31,36). The lowest BCUT2D eigenvalue weighted by Gasteiger charge is -2.50. The van der Waals surface area contributed by atoms with E-state index in [4.69, 9.17) is 0 Å². The van der Waals surface area contributed by atoms with E-state index in [1.807, 2.05) is 19.1 Å². The summed E-state index contributed by atoms with van der Waals surface area (Å²) in [5.74, 6) is -1.15. The summed E-state index contributed by atoms with van der Waals surface area (Å²) in [6.07, 6.45) is 0.705. The zero-order valence-electron chi connectivity index (χ0n) is 21.1. The average molecular weight is 515 g/mol. The summed E-state index contributed by atoms with van der Waals surface area (Å²) in [5, 5.41) is 4.91. The predicted octanol–water partition coefficient (Wildman–Crippen LogP) is 4.12. The third-order valence-corrected chi connectivity index (χ3v) is 9.16. The van der Waals surface area contributed by atoms with Crippen molar-refractivity contribution in [1.29, 1.82) is 0 Å². The Morgan fingerprint density at radius 3 is 2.16 bits per heavy atom. The number of nitrogens with one attached hydrogen (secondary N) is 1. The van der Waals surface area contributed by atoms with Crippen molar-refractivity contribution < 1.29 is 14.4 Å². The number of carbonyl (C=O) groups excluding carboxylic acids is 3. The van der Waals surface area contributed by atoms with Crippen LogP contribution in [-0.4, -0.2) is 65.1 Å². The van der Waals surface area contributed by atoms with Gasteiger partial charge in [0, 0.05) is 43.4 Å². The van der Waals surface area contributed by atoms with Crippen LogP contribution in [0.5, 0.6) is 0 Å². The fourth-order valence-electron chi connectivity index (χ4n) is 6.39. The van der Waals surface area contributed by atoms with Crippen molar-refractivity contribution in [3.63, 3.8) is 0 Å². The summed E-state index contributed by atoms with van der Waals surface area (Å²) in [6, 6.07) is 16.9. The molecule has 2 amide bonds. The summed E-state index contributed by atoms with van der Waals surface area (Å²) in [6.45, 7) is 7.66. The number of rotatable bonds is 5. The van der Waals surface area contributed by atoms with Crippen LogP contribution in [0.3, 0.4) is 0 Å². The van der Waals surface area contributed by atoms with Crippen LogP contribution in [-0.2, 0) is 9.59 Å². The Bertz CT molecular complexity index is 1350. The van der Waals surface area contributed by atoms with E-state index in [0.717, 1.165) is 19.6 Å². The molecule has 0 spiro atoms. The minimum atomic E-state index is -0.669. The maximum atomic E-state index is 13.8. The fourth-order valence-corrected chi connectivity index (χ4v) is 7.07. The molecule has 7 rings (SSSR count). The van der Waals surface area contributed by atoms with Crippen molar-refractivity contribution in [2.75, 3.05) is 38.0 Å². The van der Waals surface area contributed by atoms with Gasteiger partial charge in [0.15, 0.2) is 5.13 Å². The highest BCUT2D eigenvalue weighted by atomic mass is 32.1. The van der Waals surface area contributed by atoms with Gasteiger partial charge in [0.25, 0.3) is 11.7 Å². The molecule has 4 aliphatic rings. The fraction of sp³-hybridized carbons (Fsp3) is 0.379. The molecule has 2 heterocycles. The number of hydrogen-bond acceptors (Lipinski definition) is 6. The Morgan fingerprint density at radius 1 is 0.973 bits per heavy atom. The summed E-state index contributed by atoms with van der Waals surface area (Å²) in [4.78, 5) is 47.7. The second-order valence-corrected chi connectivity index (χ2v) is 11.3. The van der Waals surface area contributed by atoms with E-state index in [0.29, 0.717) is 24.6 Å². The van der Waals surface area contributed by atoms with Crippen LogP contribution in [0, 0.1) is 5.41 Å². The van der Waals surface area contributed by atoms with Gasteiger partial charge >= 0.3 is 0 Å². The first-order chi connectivity index (χ1) is 17.9. The van der Waals surface area contributed by atoms with Crippen LogP contribution in [0.4, 0.5) is 5.13 Å². The van der Waals surface area contributed by atoms with Crippen LogP contribution in [0.15, 0.2) is 53.9 Å². The highest BCUT2D eigenvalue weighted by Crippen LogP contribution is 2.61. The summed E-state index contributed by atoms with van der Waals surface area (Å²) in [5.41, 5.74) is 4.44. The van der Waals surface area contributed by atoms with Gasteiger partial charge in [-0.3, -0.25) is 14.4 Å². The number of likely N-dealkylation sites (N-methyl/N-ethyl adjacent to an activating group) is 1. The van der Waals surface area contributed by atoms with Crippen LogP contribution < -0.4 is 5.32 Å². The van der Waals surface area contributed by atoms with E-state index in [1.54, 1.807) is 10.3 Å². The van der Waals surface area contributed by atoms with Gasteiger partial charge in [0.2, 0.25) is 5.91 Å². The molecule has 1 N–H and O–H groups in total. The Hall–Kier alpha value is -3.36. The monoisotopic (exact) mass is 514 g/mol. The third-order valence-electron chi connectivity index (χ3n) is 8.41. The van der Waals surface area contributed by atoms with Crippen LogP contribution in [0.25, 0.3) is 0 Å². The van der Waals surface area contributed by atoms with E-state index >= 15 is 0 Å². The molecule has 37 heavy (non-hydrogen) atoms. The first-order valence-electron chi connectivity index (χ1n) is 12.9. The molecule has 3 aromatic rings. The van der Waals surface area contributed by atoms with Crippen LogP contribution >= 0.6 is 11.3 Å². The van der Waals surface area contributed by atoms with Crippen molar-refractivity contribution in [3.8, 4) is 0 Å². The van der Waals surface area contributed by atoms with Gasteiger partial charge in [-0.1, -0.05) is 55.5 Å². The number of benzene rings is 2. The van der Waals surface area contributed by atoms with Crippen molar-refractivity contribution in [3.05, 3.63) is 81.9 Å². The lowest BCUT2D eigenvalue weighted by atomic mass is 9.52. The number of hydrogen-bond donors (Lipinski definition) is 1. The van der Waals surface area contributed by atoms with Crippen LogP contribution in [0.2, 0.25) is 0 Å². The molecular weight excluding hydrogens is 484 g/mol. The Labute approximate surface area is 220 Å². The number of Topliss-reactive ketones (excluding diaryl/α,β-unsaturated/α-hetero) is 1. The first-order valence-corrected chi connectivity index (χ1v) is 13.8. The molecule has 1 atom stereocenters. The number of amides is 2. The molecule has 2 bridgehead atoms. The number of nitrogens with zero attached hydrogens (tertiary/aromatic N) is 3. The number of piperazine rings is 1. The molecule has 0 radical (unpaired) electrons. The minimum absolute atomic E-state index is 0.0608. The van der Waals surface area contributed by atoms with Crippen molar-refractivity contribution in [2.24, 2.45) is 5.41 Å². The van der Waals surface area contributed by atoms with E-state index in [9.17, 15) is 14.4 Å². The summed E-state index contributed by atoms with van der Waals surface area (Å²) >= 11 is 1.19. The summed E-state index contributed by atoms with van der Waals surface area (Å²) < 4.78 is 0. The number of fused-ring (bicyclic) bond motifs is 1. The van der Waals surface area contributed by atoms with Gasteiger partial charge in [-0.2, -0.15) is 0 Å². The number of ketones is 1. The molecule has 8 heteroatoms. The van der Waals surface area contributed by atoms with E-state index in [1.165, 1.54) is 33.6 Å². The topological polar surface area (TPSA) is 82.6 Å². The lowest BCUT2D eigenvalue weighted by molar-refractivity contribution is -0.128. The molecule has 1 aromatic heterocycles. The normalized spacial score (nSPS) is 24.3. The minimum Gasteiger partial charge on any atom is -0.333 e. The molecule has 7 nitrogen and oxygen atoms in total. The number of carbonyl (C=O) groups is 3. The van der Waals surface area contributed by atoms with Gasteiger partial charge in [-0.05, 0) is 42.1 Å². The Morgan fingerprint density at radius 2 is 1.57 bits per heavy atom. The molecule has 3 aliphatic carbocycles. The van der Waals surface area contributed by atoms with E-state index < -0.39 is 17.1 Å². The third kappa shape index (κ3) is 3.90. The molecule has 2 aromatic carbocycles. The van der Waals surface area contributed by atoms with Crippen LogP contribution in [0.1, 0.15) is 64.8 Å². The SMILES string of the molecule is CCN1CCN(C(=O)C(=O)c2csc(NC(=O)C3(C)CC4c5ccccc5C3c3ccccc34)n2)CC1. The largest absolute Gasteiger partial charge is 0.333 e. The maximum absolute atomic E-state index is 13.8. The second-order valence-electron chi connectivity index (χ2n) is 10.4. The van der Waals surface area contributed by atoms with Gasteiger partial charge in [-0.15, -0.1) is 11.3 Å². The molecule has 1 saturated heterocycles. The number of thiazole rings is 1. The average Bonchev–Trinajstić information content (AvgIpc) is 3.41. The highest BCUT2D eigenvalue weighted by Gasteiger charge is 2.54. The van der Waals surface area contributed by atoms with Crippen molar-refractivity contribution >= 4 is 34.1 Å². The summed E-state index contributed by atoms with van der Waals surface area (Å²) in [7, 11) is 0. The lowest BCUT2D eigenvalue weighted by Crippen LogP contribution is -2.50. The molecular formula is C29H30N4O3S. The molecule has 1 unspecified atom stereocenters.